The summed E-state index contributed by atoms with van der Waals surface area (Å²) in [5, 5.41) is 1.13. The molecule has 0 unspecified atom stereocenters. The van der Waals surface area contributed by atoms with Crippen LogP contribution in [-0.2, 0) is 4.74 Å². The van der Waals surface area contributed by atoms with Crippen LogP contribution in [-0.4, -0.2) is 29.8 Å². The van der Waals surface area contributed by atoms with Crippen molar-refractivity contribution in [2.24, 2.45) is 5.92 Å². The number of aryl methyl sites for hydroxylation is 1. The number of aromatic nitrogens is 2. The normalized spacial score (nSPS) is 11.4. The molecular weight excluding hydrogens is 284 g/mol. The molecule has 2 heterocycles. The Hall–Kier alpha value is -0.910. The molecule has 0 atom stereocenters. The first-order valence-corrected chi connectivity index (χ1v) is 7.40. The van der Waals surface area contributed by atoms with Gasteiger partial charge in [0.1, 0.15) is 11.4 Å². The summed E-state index contributed by atoms with van der Waals surface area (Å²) in [4.78, 5) is 10.3. The van der Waals surface area contributed by atoms with Gasteiger partial charge in [-0.15, -0.1) is 11.3 Å². The smallest absolute Gasteiger partial charge is 0.227 e. The van der Waals surface area contributed by atoms with Crippen LogP contribution in [0, 0.1) is 12.8 Å². The van der Waals surface area contributed by atoms with Crippen LogP contribution >= 0.6 is 22.9 Å². The van der Waals surface area contributed by atoms with Crippen LogP contribution in [0.2, 0.25) is 5.28 Å². The summed E-state index contributed by atoms with van der Waals surface area (Å²) in [5.74, 6) is 1.06. The summed E-state index contributed by atoms with van der Waals surface area (Å²) >= 11 is 7.47. The molecule has 0 saturated carbocycles. The first kappa shape index (κ1) is 14.5. The van der Waals surface area contributed by atoms with Crippen LogP contribution < -0.4 is 4.74 Å². The van der Waals surface area contributed by atoms with Gasteiger partial charge in [-0.1, -0.05) is 13.8 Å². The lowest BCUT2D eigenvalue weighted by Crippen LogP contribution is -2.11. The molecule has 0 bridgehead atoms. The van der Waals surface area contributed by atoms with Crippen molar-refractivity contribution in [1.29, 1.82) is 0 Å². The van der Waals surface area contributed by atoms with Crippen LogP contribution in [0.15, 0.2) is 6.07 Å². The maximum Gasteiger partial charge on any atom is 0.227 e. The van der Waals surface area contributed by atoms with Crippen molar-refractivity contribution in [3.63, 3.8) is 0 Å². The number of hydrogen-bond acceptors (Lipinski definition) is 5. The van der Waals surface area contributed by atoms with Gasteiger partial charge in [-0.05, 0) is 30.5 Å². The maximum absolute atomic E-state index is 5.89. The molecular formula is C13H17ClN2O2S. The van der Waals surface area contributed by atoms with Crippen molar-refractivity contribution >= 4 is 33.2 Å². The Bertz CT molecular complexity index is 557. The summed E-state index contributed by atoms with van der Waals surface area (Å²) < 4.78 is 11.1. The fourth-order valence-corrected chi connectivity index (χ4v) is 2.70. The molecule has 2 aromatic heterocycles. The molecule has 0 aliphatic rings. The van der Waals surface area contributed by atoms with E-state index in [4.69, 9.17) is 21.1 Å². The Morgan fingerprint density at radius 1 is 1.32 bits per heavy atom. The predicted octanol–water partition coefficient (Wildman–Crippen LogP) is 3.70. The monoisotopic (exact) mass is 300 g/mol. The second-order valence-corrected chi connectivity index (χ2v) is 6.26. The first-order valence-electron chi connectivity index (χ1n) is 6.20. The topological polar surface area (TPSA) is 44.2 Å². The van der Waals surface area contributed by atoms with E-state index in [0.29, 0.717) is 25.0 Å². The molecule has 6 heteroatoms. The number of fused-ring (bicyclic) bond motifs is 1. The van der Waals surface area contributed by atoms with E-state index in [2.05, 4.69) is 23.8 Å². The number of nitrogens with zero attached hydrogens (tertiary/aromatic N) is 2. The van der Waals surface area contributed by atoms with Crippen LogP contribution in [0.3, 0.4) is 0 Å². The summed E-state index contributed by atoms with van der Waals surface area (Å²) in [5.41, 5.74) is 0. The van der Waals surface area contributed by atoms with Gasteiger partial charge in [-0.3, -0.25) is 0 Å². The lowest BCUT2D eigenvalue weighted by atomic mass is 10.2. The van der Waals surface area contributed by atoms with Gasteiger partial charge in [0.2, 0.25) is 11.2 Å². The second kappa shape index (κ2) is 6.50. The van der Waals surface area contributed by atoms with Gasteiger partial charge < -0.3 is 9.47 Å². The van der Waals surface area contributed by atoms with Crippen molar-refractivity contribution in [1.82, 2.24) is 9.97 Å². The minimum Gasteiger partial charge on any atom is -0.475 e. The molecule has 0 fully saturated rings. The van der Waals surface area contributed by atoms with Gasteiger partial charge in [-0.25, -0.2) is 4.98 Å². The third-order valence-corrected chi connectivity index (χ3v) is 3.48. The zero-order chi connectivity index (χ0) is 13.8. The van der Waals surface area contributed by atoms with E-state index >= 15 is 0 Å². The van der Waals surface area contributed by atoms with Gasteiger partial charge in [0, 0.05) is 11.5 Å². The Kier molecular flexibility index (Phi) is 4.96. The quantitative estimate of drug-likeness (QED) is 0.602. The number of hydrogen-bond donors (Lipinski definition) is 0. The molecule has 0 aromatic carbocycles. The third-order valence-electron chi connectivity index (χ3n) is 2.37. The fraction of sp³-hybridized carbons (Fsp3) is 0.538. The van der Waals surface area contributed by atoms with E-state index in [1.165, 1.54) is 0 Å². The third kappa shape index (κ3) is 4.03. The molecule has 4 nitrogen and oxygen atoms in total. The highest BCUT2D eigenvalue weighted by atomic mass is 35.5. The molecule has 104 valence electrons. The number of halogens is 1. The van der Waals surface area contributed by atoms with E-state index in [-0.39, 0.29) is 5.28 Å². The highest BCUT2D eigenvalue weighted by Gasteiger charge is 2.10. The summed E-state index contributed by atoms with van der Waals surface area (Å²) in [6.45, 7) is 8.00. The molecule has 19 heavy (non-hydrogen) atoms. The van der Waals surface area contributed by atoms with Crippen molar-refractivity contribution < 1.29 is 9.47 Å². The van der Waals surface area contributed by atoms with Crippen molar-refractivity contribution in [3.8, 4) is 5.88 Å². The number of rotatable bonds is 6. The lowest BCUT2D eigenvalue weighted by molar-refractivity contribution is 0.0811. The minimum absolute atomic E-state index is 0.215. The second-order valence-electron chi connectivity index (χ2n) is 4.69. The SMILES string of the molecule is Cc1cc2c(OCCOCC(C)C)nc(Cl)nc2s1. The summed E-state index contributed by atoms with van der Waals surface area (Å²) in [6.07, 6.45) is 0. The van der Waals surface area contributed by atoms with E-state index in [0.717, 1.165) is 21.7 Å². The summed E-state index contributed by atoms with van der Waals surface area (Å²) in [7, 11) is 0. The molecule has 0 amide bonds. The average Bonchev–Trinajstić information content (AvgIpc) is 2.68. The maximum atomic E-state index is 5.89. The molecule has 0 aliphatic carbocycles. The van der Waals surface area contributed by atoms with Crippen LogP contribution in [0.1, 0.15) is 18.7 Å². The largest absolute Gasteiger partial charge is 0.475 e. The Balaban J connectivity index is 1.99. The van der Waals surface area contributed by atoms with E-state index in [1.54, 1.807) is 11.3 Å². The standard InChI is InChI=1S/C13H17ClN2O2S/c1-8(2)7-17-4-5-18-11-10-6-9(3)19-12(10)16-13(14)15-11/h6,8H,4-5,7H2,1-3H3. The molecule has 0 radical (unpaired) electrons. The number of thiophene rings is 1. The van der Waals surface area contributed by atoms with Crippen LogP contribution in [0.4, 0.5) is 0 Å². The molecule has 0 saturated heterocycles. The molecule has 0 spiro atoms. The summed E-state index contributed by atoms with van der Waals surface area (Å²) in [6, 6.07) is 2.01. The molecule has 2 rings (SSSR count). The van der Waals surface area contributed by atoms with Crippen molar-refractivity contribution in [2.75, 3.05) is 19.8 Å². The number of ether oxygens (including phenoxy) is 2. The van der Waals surface area contributed by atoms with Crippen LogP contribution in [0.25, 0.3) is 10.2 Å². The van der Waals surface area contributed by atoms with E-state index < -0.39 is 0 Å². The van der Waals surface area contributed by atoms with Gasteiger partial charge in [0.05, 0.1) is 12.0 Å². The lowest BCUT2D eigenvalue weighted by Gasteiger charge is -2.08. The molecule has 0 aliphatic heterocycles. The molecule has 2 aromatic rings. The van der Waals surface area contributed by atoms with E-state index in [9.17, 15) is 0 Å². The predicted molar refractivity (Wildman–Crippen MR) is 78.3 cm³/mol. The molecule has 0 N–H and O–H groups in total. The van der Waals surface area contributed by atoms with Crippen molar-refractivity contribution in [2.45, 2.75) is 20.8 Å². The van der Waals surface area contributed by atoms with E-state index in [1.807, 2.05) is 13.0 Å². The van der Waals surface area contributed by atoms with Crippen LogP contribution in [0.5, 0.6) is 5.88 Å². The van der Waals surface area contributed by atoms with Gasteiger partial charge in [0.25, 0.3) is 0 Å². The van der Waals surface area contributed by atoms with Gasteiger partial charge in [-0.2, -0.15) is 4.98 Å². The van der Waals surface area contributed by atoms with Crippen molar-refractivity contribution in [3.05, 3.63) is 16.2 Å². The van der Waals surface area contributed by atoms with Gasteiger partial charge >= 0.3 is 0 Å². The minimum atomic E-state index is 0.215. The van der Waals surface area contributed by atoms with Gasteiger partial charge in [0.15, 0.2) is 0 Å². The highest BCUT2D eigenvalue weighted by Crippen LogP contribution is 2.30. The zero-order valence-electron chi connectivity index (χ0n) is 11.3. The average molecular weight is 301 g/mol. The first-order chi connectivity index (χ1) is 9.06. The Labute approximate surface area is 121 Å². The zero-order valence-corrected chi connectivity index (χ0v) is 12.8. The Morgan fingerprint density at radius 2 is 2.11 bits per heavy atom. The highest BCUT2D eigenvalue weighted by molar-refractivity contribution is 7.18. The fourth-order valence-electron chi connectivity index (χ4n) is 1.62. The Morgan fingerprint density at radius 3 is 2.84 bits per heavy atom.